The van der Waals surface area contributed by atoms with Crippen molar-refractivity contribution in [2.24, 2.45) is 0 Å². The van der Waals surface area contributed by atoms with Crippen LogP contribution in [0.1, 0.15) is 40.8 Å². The average molecular weight is 644 g/mol. The summed E-state index contributed by atoms with van der Waals surface area (Å²) < 4.78 is 44.2. The van der Waals surface area contributed by atoms with E-state index < -0.39 is 19.5 Å². The first-order valence-corrected chi connectivity index (χ1v) is 10.5. The van der Waals surface area contributed by atoms with Crippen molar-refractivity contribution in [2.75, 3.05) is 7.11 Å². The van der Waals surface area contributed by atoms with Crippen LogP contribution in [0.25, 0.3) is 0 Å². The van der Waals surface area contributed by atoms with Crippen molar-refractivity contribution in [2.45, 2.75) is 42.9 Å². The highest BCUT2D eigenvalue weighted by Gasteiger charge is 2.12. The van der Waals surface area contributed by atoms with Crippen LogP contribution < -0.4 is 10.2 Å². The molecule has 3 aromatic rings. The Hall–Kier alpha value is -1.89. The lowest BCUT2D eigenvalue weighted by atomic mass is 9.79. The molecule has 0 aliphatic heterocycles. The molecule has 5 nitrogen and oxygen atoms in total. The quantitative estimate of drug-likeness (QED) is 0.254. The lowest BCUT2D eigenvalue weighted by molar-refractivity contribution is 0.275. The molecular formula is C25H36BBr2F3O5. The minimum absolute atomic E-state index is 0. The van der Waals surface area contributed by atoms with Gasteiger partial charge in [-0.3, -0.25) is 0 Å². The lowest BCUT2D eigenvalue weighted by Crippen LogP contribution is -2.30. The predicted molar refractivity (Wildman–Crippen MR) is 150 cm³/mol. The number of hydrogen-bond acceptors (Lipinski definition) is 5. The molecule has 204 valence electrons. The second kappa shape index (κ2) is 21.2. The maximum absolute atomic E-state index is 12.7. The molecule has 0 heterocycles. The van der Waals surface area contributed by atoms with Crippen LogP contribution in [0, 0.1) is 17.5 Å². The Morgan fingerprint density at radius 3 is 1.50 bits per heavy atom. The number of halogens is 5. The molecule has 0 fully saturated rings. The molecule has 0 radical (unpaired) electrons. The summed E-state index contributed by atoms with van der Waals surface area (Å²) in [7, 11) is -0.193. The number of methoxy groups -OCH3 is 1. The molecule has 0 atom stereocenters. The van der Waals surface area contributed by atoms with Gasteiger partial charge in [0.05, 0.1) is 20.3 Å². The second-order valence-corrected chi connectivity index (χ2v) is 7.89. The van der Waals surface area contributed by atoms with E-state index in [9.17, 15) is 13.2 Å². The maximum Gasteiger partial charge on any atom is 0.488 e. The molecule has 0 bridgehead atoms. The van der Waals surface area contributed by atoms with Crippen molar-refractivity contribution in [1.29, 1.82) is 0 Å². The van der Waals surface area contributed by atoms with Gasteiger partial charge in [-0.05, 0) is 47.9 Å². The Kier molecular flexibility index (Phi) is 24.3. The molecule has 0 spiro atoms. The number of aliphatic hydroxyl groups excluding tert-OH is 2. The molecule has 0 saturated heterocycles. The molecule has 11 heteroatoms. The Labute approximate surface area is 230 Å². The fraction of sp³-hybridized carbons (Fsp3) is 0.280. The lowest BCUT2D eigenvalue weighted by Gasteiger charge is -2.02. The Morgan fingerprint density at radius 2 is 1.11 bits per heavy atom. The Balaban J connectivity index is -0.000000203. The number of rotatable bonds is 4. The zero-order valence-electron chi connectivity index (χ0n) is 16.8. The van der Waals surface area contributed by atoms with Gasteiger partial charge in [0.15, 0.2) is 11.6 Å². The zero-order valence-corrected chi connectivity index (χ0v) is 19.9. The van der Waals surface area contributed by atoms with Crippen molar-refractivity contribution in [3.8, 4) is 5.75 Å². The van der Waals surface area contributed by atoms with Crippen LogP contribution in [0.5, 0.6) is 5.75 Å². The summed E-state index contributed by atoms with van der Waals surface area (Å²) in [6.07, 6.45) is 0. The number of hydrogen-bond donors (Lipinski definition) is 4. The molecule has 0 amide bonds. The normalized spacial score (nSPS) is 8.72. The summed E-state index contributed by atoms with van der Waals surface area (Å²) in [6, 6.07) is 12.6. The zero-order chi connectivity index (χ0) is 24.3. The molecule has 0 aliphatic rings. The first kappa shape index (κ1) is 41.3. The van der Waals surface area contributed by atoms with Gasteiger partial charge in [0.1, 0.15) is 11.6 Å². The van der Waals surface area contributed by atoms with Crippen LogP contribution in [-0.2, 0) is 13.2 Å². The third kappa shape index (κ3) is 14.0. The fourth-order valence-corrected chi connectivity index (χ4v) is 2.92. The van der Waals surface area contributed by atoms with E-state index in [1.54, 1.807) is 24.3 Å². The summed E-state index contributed by atoms with van der Waals surface area (Å²) in [5.74, 6) is -1.01. The summed E-state index contributed by atoms with van der Waals surface area (Å²) >= 11 is 6.35. The molecule has 0 aliphatic carbocycles. The van der Waals surface area contributed by atoms with E-state index in [-0.39, 0.29) is 64.7 Å². The summed E-state index contributed by atoms with van der Waals surface area (Å²) in [5, 5.41) is 34.6. The summed E-state index contributed by atoms with van der Waals surface area (Å²) in [5.41, 5.74) is 0.537. The first-order chi connectivity index (χ1) is 15.1. The van der Waals surface area contributed by atoms with E-state index in [0.29, 0.717) is 5.56 Å². The molecule has 0 unspecified atom stereocenters. The van der Waals surface area contributed by atoms with E-state index in [2.05, 4.69) is 31.9 Å². The van der Waals surface area contributed by atoms with E-state index in [1.165, 1.54) is 31.4 Å². The molecule has 36 heavy (non-hydrogen) atoms. The van der Waals surface area contributed by atoms with E-state index >= 15 is 0 Å². The molecule has 4 N–H and O–H groups in total. The fourth-order valence-electron chi connectivity index (χ4n) is 2.17. The number of ether oxygens (including phenoxy) is 1. The van der Waals surface area contributed by atoms with Crippen molar-refractivity contribution in [3.05, 3.63) is 92.1 Å². The topological polar surface area (TPSA) is 90.2 Å². The van der Waals surface area contributed by atoms with Crippen LogP contribution in [0.4, 0.5) is 13.2 Å². The number of aliphatic hydroxyl groups is 2. The Morgan fingerprint density at radius 1 is 0.694 bits per heavy atom. The van der Waals surface area contributed by atoms with Gasteiger partial charge < -0.3 is 25.0 Å². The highest BCUT2D eigenvalue weighted by molar-refractivity contribution is 9.10. The standard InChI is InChI=1S/C7H8BFO3.2C7H6BrFO.4CH4/c9-7-2-1-6(8(11)12)3-5(7)4-10;1-10-7-4-5(8)2-3-6(7)9;8-6-1-2-7(9)5(3-6)4-10;;;;/h1-3,10-12H,4H2;2-4H,1H3;1-3,10H,4H2;4*1H4. The third-order valence-electron chi connectivity index (χ3n) is 3.83. The van der Waals surface area contributed by atoms with Gasteiger partial charge in [-0.1, -0.05) is 73.7 Å². The summed E-state index contributed by atoms with van der Waals surface area (Å²) in [4.78, 5) is 0. The van der Waals surface area contributed by atoms with Crippen LogP contribution in [-0.4, -0.2) is 34.5 Å². The monoisotopic (exact) mass is 642 g/mol. The molecule has 3 aromatic carbocycles. The number of benzene rings is 3. The van der Waals surface area contributed by atoms with Gasteiger partial charge in [0.25, 0.3) is 0 Å². The minimum atomic E-state index is -1.63. The van der Waals surface area contributed by atoms with Crippen LogP contribution >= 0.6 is 31.9 Å². The van der Waals surface area contributed by atoms with Crippen molar-refractivity contribution in [1.82, 2.24) is 0 Å². The SMILES string of the molecule is C.C.C.C.COc1cc(Br)ccc1F.OCc1cc(B(O)O)ccc1F.OCc1cc(Br)ccc1F. The highest BCUT2D eigenvalue weighted by atomic mass is 79.9. The van der Waals surface area contributed by atoms with Gasteiger partial charge in [0.2, 0.25) is 0 Å². The van der Waals surface area contributed by atoms with E-state index in [1.807, 2.05) is 0 Å². The van der Waals surface area contributed by atoms with E-state index in [4.69, 9.17) is 25.0 Å². The van der Waals surface area contributed by atoms with Crippen LogP contribution in [0.3, 0.4) is 0 Å². The van der Waals surface area contributed by atoms with Gasteiger partial charge in [-0.2, -0.15) is 0 Å². The average Bonchev–Trinajstić information content (AvgIpc) is 2.78. The Bertz CT molecular complexity index is 960. The predicted octanol–water partition coefficient (Wildman–Crippen LogP) is 6.22. The maximum atomic E-state index is 12.7. The van der Waals surface area contributed by atoms with Gasteiger partial charge in [0, 0.05) is 20.1 Å². The van der Waals surface area contributed by atoms with Crippen LogP contribution in [0.15, 0.2) is 63.5 Å². The highest BCUT2D eigenvalue weighted by Crippen LogP contribution is 2.21. The second-order valence-electron chi connectivity index (χ2n) is 6.06. The smallest absolute Gasteiger partial charge is 0.488 e. The molecular weight excluding hydrogens is 608 g/mol. The van der Waals surface area contributed by atoms with Gasteiger partial charge >= 0.3 is 7.12 Å². The molecule has 0 saturated carbocycles. The third-order valence-corrected chi connectivity index (χ3v) is 4.82. The largest absolute Gasteiger partial charge is 0.494 e. The van der Waals surface area contributed by atoms with Gasteiger partial charge in [-0.15, -0.1) is 0 Å². The van der Waals surface area contributed by atoms with Crippen molar-refractivity contribution in [3.63, 3.8) is 0 Å². The van der Waals surface area contributed by atoms with Crippen molar-refractivity contribution >= 4 is 44.4 Å². The molecule has 0 aromatic heterocycles. The van der Waals surface area contributed by atoms with E-state index in [0.717, 1.165) is 15.0 Å². The summed E-state index contributed by atoms with van der Waals surface area (Å²) in [6.45, 7) is -0.711. The van der Waals surface area contributed by atoms with Crippen LogP contribution in [0.2, 0.25) is 0 Å². The molecule has 3 rings (SSSR count). The van der Waals surface area contributed by atoms with Crippen molar-refractivity contribution < 1.29 is 38.2 Å². The first-order valence-electron chi connectivity index (χ1n) is 8.92. The minimum Gasteiger partial charge on any atom is -0.494 e. The van der Waals surface area contributed by atoms with Gasteiger partial charge in [-0.25, -0.2) is 13.2 Å².